The Morgan fingerprint density at radius 2 is 2.07 bits per heavy atom. The Hall–Kier alpha value is -1.03. The molecule has 0 aromatic rings. The second-order valence-electron chi connectivity index (χ2n) is 3.98. The van der Waals surface area contributed by atoms with Gasteiger partial charge in [-0.3, -0.25) is 0 Å². The van der Waals surface area contributed by atoms with Crippen molar-refractivity contribution >= 4 is 6.03 Å². The topological polar surface area (TPSA) is 61.4 Å². The van der Waals surface area contributed by atoms with Gasteiger partial charge in [-0.1, -0.05) is 12.5 Å². The van der Waals surface area contributed by atoms with Crippen molar-refractivity contribution in [2.24, 2.45) is 0 Å². The van der Waals surface area contributed by atoms with E-state index < -0.39 is 5.54 Å². The summed E-state index contributed by atoms with van der Waals surface area (Å²) in [5.74, 6) is 0. The van der Waals surface area contributed by atoms with Gasteiger partial charge in [-0.2, -0.15) is 0 Å². The summed E-state index contributed by atoms with van der Waals surface area (Å²) in [6.45, 7) is 7.38. The number of nitrogens with one attached hydrogen (secondary N) is 2. The average molecular weight is 200 g/mol. The van der Waals surface area contributed by atoms with Crippen molar-refractivity contribution in [2.45, 2.75) is 39.7 Å². The average Bonchev–Trinajstić information content (AvgIpc) is 2.13. The fraction of sp³-hybridized carbons (Fsp3) is 0.700. The monoisotopic (exact) mass is 200 g/mol. The first-order chi connectivity index (χ1) is 6.41. The summed E-state index contributed by atoms with van der Waals surface area (Å²) in [7, 11) is 0. The third kappa shape index (κ3) is 5.59. The summed E-state index contributed by atoms with van der Waals surface area (Å²) in [5.41, 5.74) is 0.514. The number of hydrogen-bond donors (Lipinski definition) is 3. The number of aliphatic hydroxyl groups is 1. The van der Waals surface area contributed by atoms with Crippen LogP contribution in [-0.2, 0) is 0 Å². The maximum atomic E-state index is 11.3. The third-order valence-electron chi connectivity index (χ3n) is 1.85. The van der Waals surface area contributed by atoms with E-state index in [4.69, 9.17) is 5.11 Å². The number of aliphatic hydroxyl groups excluding tert-OH is 1. The summed E-state index contributed by atoms with van der Waals surface area (Å²) in [4.78, 5) is 11.3. The maximum Gasteiger partial charge on any atom is 0.319 e. The van der Waals surface area contributed by atoms with E-state index in [-0.39, 0.29) is 12.6 Å². The van der Waals surface area contributed by atoms with Crippen LogP contribution in [0.2, 0.25) is 0 Å². The fourth-order valence-corrected chi connectivity index (χ4v) is 0.674. The molecular formula is C10H20N2O2. The van der Waals surface area contributed by atoms with Gasteiger partial charge in [-0.15, -0.1) is 0 Å². The van der Waals surface area contributed by atoms with Gasteiger partial charge in [0, 0.05) is 6.20 Å². The van der Waals surface area contributed by atoms with Crippen molar-refractivity contribution in [3.8, 4) is 0 Å². The molecule has 4 nitrogen and oxygen atoms in total. The standard InChI is InChI=1S/C10H20N2O2/c1-5-8(2)6-11-9(14)12-10(3,4)7-13/h6,13H,5,7H2,1-4H3,(H2,11,12,14)/b8-6+. The highest BCUT2D eigenvalue weighted by atomic mass is 16.3. The second kappa shape index (κ2) is 5.65. The molecule has 0 aromatic heterocycles. The van der Waals surface area contributed by atoms with Gasteiger partial charge in [0.05, 0.1) is 12.1 Å². The minimum absolute atomic E-state index is 0.0864. The molecule has 0 aromatic carbocycles. The summed E-state index contributed by atoms with van der Waals surface area (Å²) >= 11 is 0. The van der Waals surface area contributed by atoms with Crippen LogP contribution in [0.3, 0.4) is 0 Å². The number of urea groups is 1. The van der Waals surface area contributed by atoms with Crippen molar-refractivity contribution in [3.05, 3.63) is 11.8 Å². The lowest BCUT2D eigenvalue weighted by molar-refractivity contribution is 0.183. The normalized spacial score (nSPS) is 12.5. The van der Waals surface area contributed by atoms with Crippen molar-refractivity contribution in [1.82, 2.24) is 10.6 Å². The SMILES string of the molecule is CC/C(C)=C/NC(=O)NC(C)(C)CO. The Morgan fingerprint density at radius 3 is 2.50 bits per heavy atom. The molecule has 2 amide bonds. The molecule has 3 N–H and O–H groups in total. The molecule has 0 saturated heterocycles. The number of allylic oxidation sites excluding steroid dienone is 1. The van der Waals surface area contributed by atoms with Crippen molar-refractivity contribution in [2.75, 3.05) is 6.61 Å². The first-order valence-electron chi connectivity index (χ1n) is 4.76. The molecule has 14 heavy (non-hydrogen) atoms. The van der Waals surface area contributed by atoms with Crippen molar-refractivity contribution < 1.29 is 9.90 Å². The van der Waals surface area contributed by atoms with Crippen molar-refractivity contribution in [3.63, 3.8) is 0 Å². The first-order valence-corrected chi connectivity index (χ1v) is 4.76. The maximum absolute atomic E-state index is 11.3. The Kier molecular flexibility index (Phi) is 5.23. The Balaban J connectivity index is 4.00. The van der Waals surface area contributed by atoms with E-state index in [1.165, 1.54) is 0 Å². The molecule has 0 aliphatic carbocycles. The van der Waals surface area contributed by atoms with E-state index in [1.807, 2.05) is 13.8 Å². The van der Waals surface area contributed by atoms with Gasteiger partial charge >= 0.3 is 6.03 Å². The van der Waals surface area contributed by atoms with Crippen LogP contribution in [0.15, 0.2) is 11.8 Å². The highest BCUT2D eigenvalue weighted by Crippen LogP contribution is 1.99. The Morgan fingerprint density at radius 1 is 1.50 bits per heavy atom. The summed E-state index contributed by atoms with van der Waals surface area (Å²) in [6, 6.07) is -0.295. The second-order valence-corrected chi connectivity index (χ2v) is 3.98. The lowest BCUT2D eigenvalue weighted by Crippen LogP contribution is -2.49. The largest absolute Gasteiger partial charge is 0.394 e. The summed E-state index contributed by atoms with van der Waals surface area (Å²) in [6.07, 6.45) is 2.58. The molecule has 82 valence electrons. The summed E-state index contributed by atoms with van der Waals surface area (Å²) in [5, 5.41) is 14.1. The smallest absolute Gasteiger partial charge is 0.319 e. The van der Waals surface area contributed by atoms with Crippen LogP contribution in [0.1, 0.15) is 34.1 Å². The van der Waals surface area contributed by atoms with Gasteiger partial charge in [-0.05, 0) is 27.2 Å². The van der Waals surface area contributed by atoms with E-state index in [0.29, 0.717) is 0 Å². The first kappa shape index (κ1) is 13.0. The third-order valence-corrected chi connectivity index (χ3v) is 1.85. The zero-order valence-corrected chi connectivity index (χ0v) is 9.35. The number of carbonyl (C=O) groups excluding carboxylic acids is 1. The quantitative estimate of drug-likeness (QED) is 0.642. The van der Waals surface area contributed by atoms with Crippen LogP contribution >= 0.6 is 0 Å². The molecule has 4 heteroatoms. The molecule has 0 heterocycles. The molecule has 0 aliphatic heterocycles. The minimum Gasteiger partial charge on any atom is -0.394 e. The zero-order chi connectivity index (χ0) is 11.2. The van der Waals surface area contributed by atoms with Crippen molar-refractivity contribution in [1.29, 1.82) is 0 Å². The predicted octanol–water partition coefficient (Wildman–Crippen LogP) is 1.37. The van der Waals surface area contributed by atoms with Gasteiger partial charge in [0.2, 0.25) is 0 Å². The van der Waals surface area contributed by atoms with Gasteiger partial charge in [0.25, 0.3) is 0 Å². The fourth-order valence-electron chi connectivity index (χ4n) is 0.674. The van der Waals surface area contributed by atoms with Gasteiger partial charge in [-0.25, -0.2) is 4.79 Å². The van der Waals surface area contributed by atoms with Crippen LogP contribution in [0, 0.1) is 0 Å². The van der Waals surface area contributed by atoms with E-state index in [0.717, 1.165) is 12.0 Å². The van der Waals surface area contributed by atoms with Crippen LogP contribution in [0.5, 0.6) is 0 Å². The lowest BCUT2D eigenvalue weighted by Gasteiger charge is -2.23. The number of hydrogen-bond acceptors (Lipinski definition) is 2. The number of rotatable bonds is 4. The van der Waals surface area contributed by atoms with Crippen LogP contribution in [-0.4, -0.2) is 23.3 Å². The van der Waals surface area contributed by atoms with Crippen LogP contribution in [0.25, 0.3) is 0 Å². The molecule has 0 atom stereocenters. The van der Waals surface area contributed by atoms with Crippen LogP contribution < -0.4 is 10.6 Å². The molecule has 0 unspecified atom stereocenters. The highest BCUT2D eigenvalue weighted by molar-refractivity contribution is 5.75. The van der Waals surface area contributed by atoms with E-state index >= 15 is 0 Å². The predicted molar refractivity (Wildman–Crippen MR) is 56.9 cm³/mol. The van der Waals surface area contributed by atoms with Gasteiger partial charge < -0.3 is 15.7 Å². The molecular weight excluding hydrogens is 180 g/mol. The molecule has 0 fully saturated rings. The zero-order valence-electron chi connectivity index (χ0n) is 9.35. The molecule has 0 radical (unpaired) electrons. The van der Waals surface area contributed by atoms with E-state index in [1.54, 1.807) is 20.0 Å². The number of carbonyl (C=O) groups is 1. The van der Waals surface area contributed by atoms with E-state index in [9.17, 15) is 4.79 Å². The molecule has 0 rings (SSSR count). The molecule has 0 saturated carbocycles. The van der Waals surface area contributed by atoms with E-state index in [2.05, 4.69) is 10.6 Å². The van der Waals surface area contributed by atoms with Crippen LogP contribution in [0.4, 0.5) is 4.79 Å². The molecule has 0 spiro atoms. The number of amides is 2. The Bertz CT molecular complexity index is 222. The summed E-state index contributed by atoms with van der Waals surface area (Å²) < 4.78 is 0. The minimum atomic E-state index is -0.585. The Labute approximate surface area is 85.4 Å². The molecule has 0 bridgehead atoms. The lowest BCUT2D eigenvalue weighted by atomic mass is 10.1. The molecule has 0 aliphatic rings. The highest BCUT2D eigenvalue weighted by Gasteiger charge is 2.17. The van der Waals surface area contributed by atoms with Gasteiger partial charge in [0.1, 0.15) is 0 Å². The van der Waals surface area contributed by atoms with Gasteiger partial charge in [0.15, 0.2) is 0 Å².